The SMILES string of the molecule is CCCCC1COC(C2CCC(c3ccc(-c4ccc(C)cc4)c(F)c3)CC2)OC1. The van der Waals surface area contributed by atoms with Crippen molar-refractivity contribution >= 4 is 0 Å². The fraction of sp³-hybridized carbons (Fsp3) is 0.556. The average Bonchev–Trinajstić information content (AvgIpc) is 2.79. The number of halogens is 1. The van der Waals surface area contributed by atoms with Gasteiger partial charge in [0.15, 0.2) is 6.29 Å². The van der Waals surface area contributed by atoms with Crippen LogP contribution in [0, 0.1) is 24.6 Å². The van der Waals surface area contributed by atoms with Crippen molar-refractivity contribution in [2.24, 2.45) is 11.8 Å². The molecule has 0 aromatic heterocycles. The lowest BCUT2D eigenvalue weighted by atomic mass is 9.78. The monoisotopic (exact) mass is 410 g/mol. The van der Waals surface area contributed by atoms with Crippen LogP contribution in [0.15, 0.2) is 42.5 Å². The van der Waals surface area contributed by atoms with E-state index in [4.69, 9.17) is 9.47 Å². The van der Waals surface area contributed by atoms with Gasteiger partial charge in [-0.15, -0.1) is 0 Å². The van der Waals surface area contributed by atoms with Gasteiger partial charge in [0.2, 0.25) is 0 Å². The zero-order valence-electron chi connectivity index (χ0n) is 18.4. The van der Waals surface area contributed by atoms with Gasteiger partial charge in [-0.25, -0.2) is 4.39 Å². The molecule has 1 heterocycles. The zero-order chi connectivity index (χ0) is 20.9. The lowest BCUT2D eigenvalue weighted by Gasteiger charge is -2.37. The quantitative estimate of drug-likeness (QED) is 0.499. The van der Waals surface area contributed by atoms with Gasteiger partial charge in [0.25, 0.3) is 0 Å². The summed E-state index contributed by atoms with van der Waals surface area (Å²) in [5.74, 6) is 1.36. The molecule has 3 heteroatoms. The van der Waals surface area contributed by atoms with E-state index < -0.39 is 0 Å². The summed E-state index contributed by atoms with van der Waals surface area (Å²) in [6.45, 7) is 5.97. The molecule has 2 fully saturated rings. The zero-order valence-corrected chi connectivity index (χ0v) is 18.4. The summed E-state index contributed by atoms with van der Waals surface area (Å²) in [7, 11) is 0. The molecule has 0 atom stereocenters. The maximum atomic E-state index is 14.8. The summed E-state index contributed by atoms with van der Waals surface area (Å²) in [5, 5.41) is 0. The molecule has 0 unspecified atom stereocenters. The molecule has 0 amide bonds. The van der Waals surface area contributed by atoms with Gasteiger partial charge in [-0.1, -0.05) is 61.7 Å². The van der Waals surface area contributed by atoms with E-state index in [9.17, 15) is 4.39 Å². The van der Waals surface area contributed by atoms with Crippen molar-refractivity contribution < 1.29 is 13.9 Å². The molecule has 4 rings (SSSR count). The van der Waals surface area contributed by atoms with Gasteiger partial charge in [-0.2, -0.15) is 0 Å². The Morgan fingerprint density at radius 2 is 1.63 bits per heavy atom. The maximum absolute atomic E-state index is 14.8. The Hall–Kier alpha value is -1.71. The smallest absolute Gasteiger partial charge is 0.160 e. The largest absolute Gasteiger partial charge is 0.352 e. The number of ether oxygens (including phenoxy) is 2. The molecule has 1 aliphatic heterocycles. The van der Waals surface area contributed by atoms with E-state index in [1.165, 1.54) is 24.8 Å². The van der Waals surface area contributed by atoms with Crippen LogP contribution in [0.4, 0.5) is 4.39 Å². The molecule has 0 N–H and O–H groups in total. The van der Waals surface area contributed by atoms with Crippen LogP contribution < -0.4 is 0 Å². The highest BCUT2D eigenvalue weighted by molar-refractivity contribution is 5.64. The third-order valence-corrected chi connectivity index (χ3v) is 6.94. The molecule has 30 heavy (non-hydrogen) atoms. The Morgan fingerprint density at radius 1 is 0.933 bits per heavy atom. The first-order valence-electron chi connectivity index (χ1n) is 11.7. The second kappa shape index (κ2) is 10.1. The Morgan fingerprint density at radius 3 is 2.27 bits per heavy atom. The molecule has 2 aliphatic rings. The fourth-order valence-electron chi connectivity index (χ4n) is 4.97. The molecule has 0 bridgehead atoms. The van der Waals surface area contributed by atoms with E-state index in [-0.39, 0.29) is 12.1 Å². The Balaban J connectivity index is 1.31. The lowest BCUT2D eigenvalue weighted by Crippen LogP contribution is -2.38. The van der Waals surface area contributed by atoms with Crippen molar-refractivity contribution in [2.45, 2.75) is 71.0 Å². The average molecular weight is 411 g/mol. The van der Waals surface area contributed by atoms with E-state index >= 15 is 0 Å². The van der Waals surface area contributed by atoms with Gasteiger partial charge < -0.3 is 9.47 Å². The minimum atomic E-state index is -0.115. The van der Waals surface area contributed by atoms with Gasteiger partial charge in [-0.05, 0) is 62.1 Å². The molecule has 0 radical (unpaired) electrons. The predicted octanol–water partition coefficient (Wildman–Crippen LogP) is 7.25. The van der Waals surface area contributed by atoms with Crippen LogP contribution in [0.1, 0.15) is 68.9 Å². The van der Waals surface area contributed by atoms with Crippen LogP contribution in [0.5, 0.6) is 0 Å². The lowest BCUT2D eigenvalue weighted by molar-refractivity contribution is -0.229. The first-order chi connectivity index (χ1) is 14.6. The number of hydrogen-bond donors (Lipinski definition) is 0. The highest BCUT2D eigenvalue weighted by Gasteiger charge is 2.32. The van der Waals surface area contributed by atoms with E-state index in [1.807, 2.05) is 37.3 Å². The van der Waals surface area contributed by atoms with E-state index in [1.54, 1.807) is 6.07 Å². The van der Waals surface area contributed by atoms with E-state index in [0.29, 0.717) is 23.3 Å². The van der Waals surface area contributed by atoms with E-state index in [0.717, 1.165) is 50.0 Å². The summed E-state index contributed by atoms with van der Waals surface area (Å²) < 4.78 is 27.0. The second-order valence-electron chi connectivity index (χ2n) is 9.26. The van der Waals surface area contributed by atoms with Crippen LogP contribution >= 0.6 is 0 Å². The van der Waals surface area contributed by atoms with Crippen LogP contribution in [-0.2, 0) is 9.47 Å². The molecule has 2 nitrogen and oxygen atoms in total. The van der Waals surface area contributed by atoms with Gasteiger partial charge in [0, 0.05) is 17.4 Å². The Bertz CT molecular complexity index is 800. The summed E-state index contributed by atoms with van der Waals surface area (Å²) >= 11 is 0. The number of unbranched alkanes of at least 4 members (excludes halogenated alkanes) is 1. The van der Waals surface area contributed by atoms with Crippen molar-refractivity contribution in [1.82, 2.24) is 0 Å². The fourth-order valence-corrected chi connectivity index (χ4v) is 4.97. The summed E-state index contributed by atoms with van der Waals surface area (Å²) in [5.41, 5.74) is 3.95. The molecule has 0 spiro atoms. The number of hydrogen-bond acceptors (Lipinski definition) is 2. The standard InChI is InChI=1S/C27H35FO2/c1-3-4-5-20-17-29-27(30-18-20)23-12-10-21(11-13-23)24-14-15-25(26(28)16-24)22-8-6-19(2)7-9-22/h6-9,14-16,20-21,23,27H,3-5,10-13,17-18H2,1-2H3. The number of aryl methyl sites for hydroxylation is 1. The second-order valence-corrected chi connectivity index (χ2v) is 9.26. The molecule has 1 saturated carbocycles. The third kappa shape index (κ3) is 5.12. The van der Waals surface area contributed by atoms with Crippen LogP contribution in [0.25, 0.3) is 11.1 Å². The van der Waals surface area contributed by atoms with Crippen LogP contribution in [-0.4, -0.2) is 19.5 Å². The number of benzene rings is 2. The first kappa shape index (κ1) is 21.5. The summed E-state index contributed by atoms with van der Waals surface area (Å²) in [6, 6.07) is 13.9. The molecular weight excluding hydrogens is 375 g/mol. The molecule has 1 saturated heterocycles. The predicted molar refractivity (Wildman–Crippen MR) is 120 cm³/mol. The molecule has 2 aromatic carbocycles. The van der Waals surface area contributed by atoms with Crippen LogP contribution in [0.3, 0.4) is 0 Å². The minimum absolute atomic E-state index is 0.0375. The highest BCUT2D eigenvalue weighted by atomic mass is 19.1. The minimum Gasteiger partial charge on any atom is -0.352 e. The molecule has 2 aromatic rings. The summed E-state index contributed by atoms with van der Waals surface area (Å²) in [6.07, 6.45) is 8.01. The normalized spacial score (nSPS) is 27.2. The first-order valence-corrected chi connectivity index (χ1v) is 11.7. The third-order valence-electron chi connectivity index (χ3n) is 6.94. The van der Waals surface area contributed by atoms with Crippen molar-refractivity contribution in [3.05, 3.63) is 59.4 Å². The van der Waals surface area contributed by atoms with Gasteiger partial charge >= 0.3 is 0 Å². The van der Waals surface area contributed by atoms with Crippen molar-refractivity contribution in [2.75, 3.05) is 13.2 Å². The van der Waals surface area contributed by atoms with Gasteiger partial charge in [-0.3, -0.25) is 0 Å². The summed E-state index contributed by atoms with van der Waals surface area (Å²) in [4.78, 5) is 0. The molecule has 162 valence electrons. The highest BCUT2D eigenvalue weighted by Crippen LogP contribution is 2.40. The van der Waals surface area contributed by atoms with Crippen molar-refractivity contribution in [3.8, 4) is 11.1 Å². The van der Waals surface area contributed by atoms with E-state index in [2.05, 4.69) is 13.0 Å². The Labute approximate surface area is 180 Å². The van der Waals surface area contributed by atoms with Crippen molar-refractivity contribution in [1.29, 1.82) is 0 Å². The topological polar surface area (TPSA) is 18.5 Å². The maximum Gasteiger partial charge on any atom is 0.160 e. The van der Waals surface area contributed by atoms with Crippen molar-refractivity contribution in [3.63, 3.8) is 0 Å². The van der Waals surface area contributed by atoms with Crippen LogP contribution in [0.2, 0.25) is 0 Å². The van der Waals surface area contributed by atoms with Gasteiger partial charge in [0.05, 0.1) is 13.2 Å². The molecular formula is C27H35FO2. The molecule has 1 aliphatic carbocycles. The van der Waals surface area contributed by atoms with Gasteiger partial charge in [0.1, 0.15) is 5.82 Å². The Kier molecular flexibility index (Phi) is 7.22. The number of rotatable bonds is 6.